The van der Waals surface area contributed by atoms with Crippen LogP contribution >= 0.6 is 0 Å². The Kier molecular flexibility index (Phi) is 4.55. The lowest BCUT2D eigenvalue weighted by molar-refractivity contribution is -0.139. The molecule has 2 aromatic rings. The minimum absolute atomic E-state index is 0.121. The summed E-state index contributed by atoms with van der Waals surface area (Å²) in [5, 5.41) is 11.7. The third kappa shape index (κ3) is 3.59. The zero-order valence-corrected chi connectivity index (χ0v) is 11.4. The van der Waals surface area contributed by atoms with Crippen LogP contribution in [0, 0.1) is 0 Å². The molecule has 1 amide bonds. The number of aromatic nitrogens is 2. The number of para-hydroxylation sites is 1. The average Bonchev–Trinajstić information content (AvgIpc) is 2.99. The van der Waals surface area contributed by atoms with Crippen molar-refractivity contribution >= 4 is 11.9 Å². The lowest BCUT2D eigenvalue weighted by Crippen LogP contribution is -2.42. The summed E-state index contributed by atoms with van der Waals surface area (Å²) in [4.78, 5) is 30.1. The molecule has 110 valence electrons. The molecule has 21 heavy (non-hydrogen) atoms. The number of methoxy groups -OCH3 is 1. The van der Waals surface area contributed by atoms with Crippen LogP contribution in [0.5, 0.6) is 5.75 Å². The minimum Gasteiger partial charge on any atom is -0.496 e. The zero-order valence-electron chi connectivity index (χ0n) is 11.4. The summed E-state index contributed by atoms with van der Waals surface area (Å²) in [5.41, 5.74) is 0.915. The van der Waals surface area contributed by atoms with Gasteiger partial charge in [0.25, 0.3) is 5.91 Å². The maximum absolute atomic E-state index is 12.2. The molecule has 0 saturated heterocycles. The molecule has 1 atom stereocenters. The van der Waals surface area contributed by atoms with Crippen LogP contribution in [0.4, 0.5) is 0 Å². The molecule has 0 aliphatic heterocycles. The van der Waals surface area contributed by atoms with E-state index in [0.717, 1.165) is 0 Å². The van der Waals surface area contributed by atoms with E-state index in [1.54, 1.807) is 24.3 Å². The van der Waals surface area contributed by atoms with Gasteiger partial charge >= 0.3 is 5.97 Å². The molecule has 0 aliphatic rings. The number of rotatable bonds is 6. The normalized spacial score (nSPS) is 11.7. The molecular formula is C14H15N3O4. The molecule has 7 heteroatoms. The molecule has 1 aromatic carbocycles. The highest BCUT2D eigenvalue weighted by molar-refractivity contribution is 5.98. The average molecular weight is 289 g/mol. The monoisotopic (exact) mass is 289 g/mol. The number of aromatic amines is 1. The molecule has 0 bridgehead atoms. The Bertz CT molecular complexity index is 625. The number of hydrogen-bond acceptors (Lipinski definition) is 4. The van der Waals surface area contributed by atoms with Crippen molar-refractivity contribution in [1.29, 1.82) is 0 Å². The van der Waals surface area contributed by atoms with Crippen molar-refractivity contribution in [2.24, 2.45) is 0 Å². The summed E-state index contributed by atoms with van der Waals surface area (Å²) < 4.78 is 5.09. The number of benzene rings is 1. The van der Waals surface area contributed by atoms with Gasteiger partial charge in [-0.2, -0.15) is 0 Å². The number of ether oxygens (including phenoxy) is 1. The van der Waals surface area contributed by atoms with Gasteiger partial charge in [0.05, 0.1) is 19.0 Å². The summed E-state index contributed by atoms with van der Waals surface area (Å²) >= 11 is 0. The Morgan fingerprint density at radius 1 is 1.43 bits per heavy atom. The van der Waals surface area contributed by atoms with Crippen LogP contribution in [0.1, 0.15) is 16.1 Å². The quantitative estimate of drug-likeness (QED) is 0.731. The van der Waals surface area contributed by atoms with Crippen molar-refractivity contribution < 1.29 is 19.4 Å². The summed E-state index contributed by atoms with van der Waals surface area (Å²) in [6.07, 6.45) is 3.09. The van der Waals surface area contributed by atoms with Crippen molar-refractivity contribution in [3.05, 3.63) is 48.0 Å². The van der Waals surface area contributed by atoms with Crippen LogP contribution in [0.25, 0.3) is 0 Å². The molecule has 0 unspecified atom stereocenters. The number of carboxylic acids is 1. The van der Waals surface area contributed by atoms with Gasteiger partial charge in [-0.25, -0.2) is 9.78 Å². The number of aliphatic carboxylic acids is 1. The predicted octanol–water partition coefficient (Wildman–Crippen LogP) is 0.844. The first-order chi connectivity index (χ1) is 10.1. The summed E-state index contributed by atoms with van der Waals surface area (Å²) in [5.74, 6) is -1.23. The van der Waals surface area contributed by atoms with E-state index >= 15 is 0 Å². The maximum atomic E-state index is 12.2. The molecule has 0 spiro atoms. The first kappa shape index (κ1) is 14.6. The van der Waals surface area contributed by atoms with Crippen molar-refractivity contribution in [1.82, 2.24) is 15.3 Å². The van der Waals surface area contributed by atoms with E-state index in [1.165, 1.54) is 19.6 Å². The molecule has 0 fully saturated rings. The molecule has 0 radical (unpaired) electrons. The largest absolute Gasteiger partial charge is 0.496 e. The second-order valence-corrected chi connectivity index (χ2v) is 4.35. The standard InChI is InChI=1S/C14H15N3O4/c1-21-12-5-3-2-4-10(12)13(18)17-11(14(19)20)6-9-7-15-8-16-9/h2-5,7-8,11H,6H2,1H3,(H,15,16)(H,17,18)(H,19,20)/t11-/m1/s1. The highest BCUT2D eigenvalue weighted by Gasteiger charge is 2.23. The van der Waals surface area contributed by atoms with Gasteiger partial charge in [0.15, 0.2) is 0 Å². The van der Waals surface area contributed by atoms with E-state index in [2.05, 4.69) is 15.3 Å². The van der Waals surface area contributed by atoms with Gasteiger partial charge < -0.3 is 20.1 Å². The Labute approximate surface area is 121 Å². The van der Waals surface area contributed by atoms with Crippen molar-refractivity contribution in [3.8, 4) is 5.75 Å². The number of amides is 1. The van der Waals surface area contributed by atoms with E-state index in [1.807, 2.05) is 0 Å². The number of H-pyrrole nitrogens is 1. The first-order valence-electron chi connectivity index (χ1n) is 6.25. The SMILES string of the molecule is COc1ccccc1C(=O)N[C@H](Cc1cnc[nH]1)C(=O)O. The maximum Gasteiger partial charge on any atom is 0.326 e. The van der Waals surface area contributed by atoms with Crippen LogP contribution < -0.4 is 10.1 Å². The minimum atomic E-state index is -1.12. The lowest BCUT2D eigenvalue weighted by Gasteiger charge is -2.15. The van der Waals surface area contributed by atoms with E-state index < -0.39 is 17.9 Å². The molecular weight excluding hydrogens is 274 g/mol. The van der Waals surface area contributed by atoms with Crippen molar-refractivity contribution in [2.45, 2.75) is 12.5 Å². The van der Waals surface area contributed by atoms with Crippen LogP contribution in [-0.2, 0) is 11.2 Å². The summed E-state index contributed by atoms with van der Waals surface area (Å²) in [7, 11) is 1.45. The Balaban J connectivity index is 2.13. The molecule has 2 rings (SSSR count). The van der Waals surface area contributed by atoms with Gasteiger partial charge in [-0.1, -0.05) is 12.1 Å². The number of carboxylic acid groups (broad SMARTS) is 1. The fourth-order valence-electron chi connectivity index (χ4n) is 1.88. The molecule has 0 aliphatic carbocycles. The smallest absolute Gasteiger partial charge is 0.326 e. The molecule has 1 aromatic heterocycles. The topological polar surface area (TPSA) is 104 Å². The Hall–Kier alpha value is -2.83. The molecule has 3 N–H and O–H groups in total. The van der Waals surface area contributed by atoms with Gasteiger partial charge in [0, 0.05) is 18.3 Å². The van der Waals surface area contributed by atoms with E-state index in [0.29, 0.717) is 11.4 Å². The number of nitrogens with one attached hydrogen (secondary N) is 2. The number of hydrogen-bond donors (Lipinski definition) is 3. The van der Waals surface area contributed by atoms with Crippen molar-refractivity contribution in [3.63, 3.8) is 0 Å². The third-order valence-electron chi connectivity index (χ3n) is 2.93. The highest BCUT2D eigenvalue weighted by Crippen LogP contribution is 2.17. The molecule has 0 saturated carbocycles. The zero-order chi connectivity index (χ0) is 15.2. The second kappa shape index (κ2) is 6.56. The van der Waals surface area contributed by atoms with E-state index in [4.69, 9.17) is 4.74 Å². The second-order valence-electron chi connectivity index (χ2n) is 4.35. The third-order valence-corrected chi connectivity index (χ3v) is 2.93. The summed E-state index contributed by atoms with van der Waals surface area (Å²) in [6.45, 7) is 0. The number of carbonyl (C=O) groups is 2. The lowest BCUT2D eigenvalue weighted by atomic mass is 10.1. The van der Waals surface area contributed by atoms with Gasteiger partial charge in [-0.05, 0) is 12.1 Å². The van der Waals surface area contributed by atoms with E-state index in [-0.39, 0.29) is 12.0 Å². The predicted molar refractivity (Wildman–Crippen MR) is 74.2 cm³/mol. The van der Waals surface area contributed by atoms with Gasteiger partial charge in [0.2, 0.25) is 0 Å². The van der Waals surface area contributed by atoms with E-state index in [9.17, 15) is 14.7 Å². The van der Waals surface area contributed by atoms with Gasteiger partial charge in [-0.15, -0.1) is 0 Å². The highest BCUT2D eigenvalue weighted by atomic mass is 16.5. The number of imidazole rings is 1. The fourth-order valence-corrected chi connectivity index (χ4v) is 1.88. The summed E-state index contributed by atoms with van der Waals surface area (Å²) in [6, 6.07) is 5.57. The number of carbonyl (C=O) groups excluding carboxylic acids is 1. The van der Waals surface area contributed by atoms with Crippen LogP contribution in [0.15, 0.2) is 36.8 Å². The van der Waals surface area contributed by atoms with Crippen LogP contribution in [-0.4, -0.2) is 40.1 Å². The Morgan fingerprint density at radius 2 is 2.19 bits per heavy atom. The van der Waals surface area contributed by atoms with Gasteiger partial charge in [-0.3, -0.25) is 4.79 Å². The van der Waals surface area contributed by atoms with Crippen LogP contribution in [0.3, 0.4) is 0 Å². The Morgan fingerprint density at radius 3 is 2.81 bits per heavy atom. The molecule has 1 heterocycles. The fraction of sp³-hybridized carbons (Fsp3) is 0.214. The van der Waals surface area contributed by atoms with Crippen molar-refractivity contribution in [2.75, 3.05) is 7.11 Å². The number of nitrogens with zero attached hydrogens (tertiary/aromatic N) is 1. The van der Waals surface area contributed by atoms with Crippen LogP contribution in [0.2, 0.25) is 0 Å². The van der Waals surface area contributed by atoms with Gasteiger partial charge in [0.1, 0.15) is 11.8 Å². The first-order valence-corrected chi connectivity index (χ1v) is 6.25. The molecule has 7 nitrogen and oxygen atoms in total.